The topological polar surface area (TPSA) is 126 Å². The lowest BCUT2D eigenvalue weighted by Gasteiger charge is -2.13. The van der Waals surface area contributed by atoms with Gasteiger partial charge in [-0.15, -0.1) is 11.3 Å². The summed E-state index contributed by atoms with van der Waals surface area (Å²) in [7, 11) is 0. The molecule has 3 N–H and O–H groups in total. The molecule has 0 aliphatic carbocycles. The van der Waals surface area contributed by atoms with Gasteiger partial charge in [-0.3, -0.25) is 19.5 Å². The number of nitrogens with one attached hydrogen (secondary N) is 2. The van der Waals surface area contributed by atoms with E-state index < -0.39 is 30.0 Å². The van der Waals surface area contributed by atoms with Crippen LogP contribution >= 0.6 is 11.3 Å². The van der Waals surface area contributed by atoms with Gasteiger partial charge in [-0.25, -0.2) is 19.2 Å². The van der Waals surface area contributed by atoms with Gasteiger partial charge in [-0.1, -0.05) is 18.2 Å². The van der Waals surface area contributed by atoms with E-state index in [1.807, 2.05) is 6.92 Å². The van der Waals surface area contributed by atoms with Crippen molar-refractivity contribution in [2.45, 2.75) is 13.3 Å². The highest BCUT2D eigenvalue weighted by atomic mass is 32.1. The Morgan fingerprint density at radius 2 is 1.79 bits per heavy atom. The molecule has 4 aromatic rings. The zero-order chi connectivity index (χ0) is 24.2. The minimum atomic E-state index is -1.31. The van der Waals surface area contributed by atoms with Gasteiger partial charge in [0.05, 0.1) is 23.5 Å². The number of aryl methyl sites for hydroxylation is 1. The lowest BCUT2D eigenvalue weighted by atomic mass is 10.0. The molecule has 0 saturated heterocycles. The van der Waals surface area contributed by atoms with E-state index in [1.165, 1.54) is 29.5 Å². The van der Waals surface area contributed by atoms with E-state index in [0.29, 0.717) is 16.3 Å². The van der Waals surface area contributed by atoms with Gasteiger partial charge >= 0.3 is 6.09 Å². The molecular formula is C23H18FN5O4S. The van der Waals surface area contributed by atoms with Gasteiger partial charge in [0.1, 0.15) is 17.8 Å². The third-order valence-electron chi connectivity index (χ3n) is 4.74. The number of aromatic nitrogens is 3. The number of thiazole rings is 1. The number of imidazole rings is 1. The Kier molecular flexibility index (Phi) is 6.46. The number of carbonyl (C=O) groups is 3. The number of anilines is 2. The number of benzene rings is 2. The number of hydrogen-bond acceptors (Lipinski definition) is 6. The highest BCUT2D eigenvalue weighted by Gasteiger charge is 2.18. The second-order valence-electron chi connectivity index (χ2n) is 7.28. The molecular weight excluding hydrogens is 461 g/mol. The first-order valence-electron chi connectivity index (χ1n) is 9.98. The molecule has 2 amide bonds. The predicted molar refractivity (Wildman–Crippen MR) is 125 cm³/mol. The number of rotatable bonds is 7. The zero-order valence-electron chi connectivity index (χ0n) is 17.8. The molecule has 0 bridgehead atoms. The zero-order valence-corrected chi connectivity index (χ0v) is 18.6. The Balaban J connectivity index is 1.51. The van der Waals surface area contributed by atoms with Gasteiger partial charge in [0.25, 0.3) is 0 Å². The Morgan fingerprint density at radius 1 is 1.06 bits per heavy atom. The highest BCUT2D eigenvalue weighted by Crippen LogP contribution is 2.30. The summed E-state index contributed by atoms with van der Waals surface area (Å²) in [6.07, 6.45) is 1.55. The fourth-order valence-corrected chi connectivity index (χ4v) is 3.94. The third-order valence-corrected chi connectivity index (χ3v) is 5.60. The summed E-state index contributed by atoms with van der Waals surface area (Å²) in [5, 5.41) is 16.0. The second kappa shape index (κ2) is 9.63. The van der Waals surface area contributed by atoms with E-state index in [9.17, 15) is 18.8 Å². The summed E-state index contributed by atoms with van der Waals surface area (Å²) in [6, 6.07) is 10.4. The van der Waals surface area contributed by atoms with Gasteiger partial charge in [0.15, 0.2) is 10.9 Å². The number of hydrogen-bond donors (Lipinski definition) is 3. The van der Waals surface area contributed by atoms with Gasteiger partial charge in [0.2, 0.25) is 5.91 Å². The molecule has 0 aliphatic heterocycles. The van der Waals surface area contributed by atoms with Crippen LogP contribution in [-0.4, -0.2) is 37.4 Å². The molecule has 0 unspecified atom stereocenters. The summed E-state index contributed by atoms with van der Waals surface area (Å²) in [6.45, 7) is 1.83. The van der Waals surface area contributed by atoms with E-state index in [2.05, 4.69) is 20.6 Å². The third kappa shape index (κ3) is 5.33. The maximum atomic E-state index is 13.2. The molecule has 0 saturated carbocycles. The predicted octanol–water partition coefficient (Wildman–Crippen LogP) is 4.74. The minimum Gasteiger partial charge on any atom is -0.465 e. The van der Waals surface area contributed by atoms with Crippen LogP contribution in [0.25, 0.3) is 16.3 Å². The number of nitrogens with zero attached hydrogens (tertiary/aromatic N) is 3. The van der Waals surface area contributed by atoms with Crippen molar-refractivity contribution in [3.8, 4) is 16.3 Å². The van der Waals surface area contributed by atoms with Crippen LogP contribution in [0.3, 0.4) is 0 Å². The number of carboxylic acid groups (broad SMARTS) is 1. The fourth-order valence-electron chi connectivity index (χ4n) is 3.16. The molecule has 2 aromatic carbocycles. The molecule has 172 valence electrons. The molecule has 2 aromatic heterocycles. The van der Waals surface area contributed by atoms with Crippen molar-refractivity contribution in [2.24, 2.45) is 0 Å². The van der Waals surface area contributed by atoms with Crippen LogP contribution in [0.15, 0.2) is 60.4 Å². The van der Waals surface area contributed by atoms with Gasteiger partial charge in [-0.05, 0) is 42.3 Å². The first kappa shape index (κ1) is 22.8. The minimum absolute atomic E-state index is 0.130. The lowest BCUT2D eigenvalue weighted by molar-refractivity contribution is -0.115. The van der Waals surface area contributed by atoms with E-state index in [0.717, 1.165) is 5.69 Å². The Morgan fingerprint density at radius 3 is 2.47 bits per heavy atom. The van der Waals surface area contributed by atoms with Crippen LogP contribution in [0.2, 0.25) is 0 Å². The Labute approximate surface area is 196 Å². The van der Waals surface area contributed by atoms with Crippen molar-refractivity contribution in [1.29, 1.82) is 0 Å². The van der Waals surface area contributed by atoms with Crippen molar-refractivity contribution in [3.05, 3.63) is 77.6 Å². The monoisotopic (exact) mass is 479 g/mol. The molecule has 0 atom stereocenters. The van der Waals surface area contributed by atoms with E-state index in [-0.39, 0.29) is 17.1 Å². The summed E-state index contributed by atoms with van der Waals surface area (Å²) in [5.41, 5.74) is 2.53. The first-order valence-corrected chi connectivity index (χ1v) is 10.9. The summed E-state index contributed by atoms with van der Waals surface area (Å²) >= 11 is 1.24. The molecule has 4 rings (SSSR count). The Bertz CT molecular complexity index is 1380. The number of halogens is 1. The van der Waals surface area contributed by atoms with Crippen LogP contribution in [0, 0.1) is 12.7 Å². The van der Waals surface area contributed by atoms with Crippen LogP contribution < -0.4 is 10.6 Å². The van der Waals surface area contributed by atoms with E-state index in [1.54, 1.807) is 46.7 Å². The quantitative estimate of drug-likeness (QED) is 0.260. The van der Waals surface area contributed by atoms with Gasteiger partial charge in [0, 0.05) is 11.6 Å². The molecule has 0 fully saturated rings. The van der Waals surface area contributed by atoms with Crippen LogP contribution in [-0.2, 0) is 4.79 Å². The van der Waals surface area contributed by atoms with Gasteiger partial charge < -0.3 is 10.4 Å². The smallest absolute Gasteiger partial charge is 0.409 e. The fraction of sp³-hybridized carbons (Fsp3) is 0.0870. The summed E-state index contributed by atoms with van der Waals surface area (Å²) in [4.78, 5) is 44.7. The van der Waals surface area contributed by atoms with Crippen LogP contribution in [0.4, 0.5) is 20.6 Å². The molecule has 0 aliphatic rings. The average Bonchev–Trinajstić information content (AvgIpc) is 3.44. The van der Waals surface area contributed by atoms with Crippen molar-refractivity contribution in [3.63, 3.8) is 0 Å². The molecule has 11 heteroatoms. The SMILES string of the molecule is Cc1cn(-c2nc(C(=O)CC(=O)Nc3cc(-c4ccc(F)cc4)ccc3NC(=O)O)cs2)cn1. The number of amides is 2. The number of Topliss-reactive ketones (excluding diaryl/α,β-unsaturated/α-hetero) is 1. The summed E-state index contributed by atoms with van der Waals surface area (Å²) < 4.78 is 14.9. The van der Waals surface area contributed by atoms with Crippen molar-refractivity contribution >= 4 is 40.5 Å². The number of ketones is 1. The second-order valence-corrected chi connectivity index (χ2v) is 8.12. The molecule has 9 nitrogen and oxygen atoms in total. The van der Waals surface area contributed by atoms with Crippen molar-refractivity contribution in [1.82, 2.24) is 14.5 Å². The van der Waals surface area contributed by atoms with Crippen molar-refractivity contribution in [2.75, 3.05) is 10.6 Å². The average molecular weight is 479 g/mol. The molecule has 34 heavy (non-hydrogen) atoms. The van der Waals surface area contributed by atoms with Gasteiger partial charge in [-0.2, -0.15) is 0 Å². The largest absolute Gasteiger partial charge is 0.465 e. The summed E-state index contributed by atoms with van der Waals surface area (Å²) in [5.74, 6) is -1.52. The van der Waals surface area contributed by atoms with Crippen LogP contribution in [0.1, 0.15) is 22.6 Å². The normalized spacial score (nSPS) is 10.6. The number of carbonyl (C=O) groups excluding carboxylic acids is 2. The first-order chi connectivity index (χ1) is 16.3. The molecule has 0 spiro atoms. The highest BCUT2D eigenvalue weighted by molar-refractivity contribution is 7.12. The van der Waals surface area contributed by atoms with E-state index in [4.69, 9.17) is 5.11 Å². The molecule has 0 radical (unpaired) electrons. The standard InChI is InChI=1S/C23H18FN5O4S/c1-13-10-29(12-25-13)22-27-19(11-34-22)20(30)9-21(31)26-18-8-15(4-7-17(18)28-23(32)33)14-2-5-16(24)6-3-14/h2-8,10-12,28H,9H2,1H3,(H,26,31)(H,32,33). The van der Waals surface area contributed by atoms with Crippen LogP contribution in [0.5, 0.6) is 0 Å². The van der Waals surface area contributed by atoms with E-state index >= 15 is 0 Å². The van der Waals surface area contributed by atoms with Crippen molar-refractivity contribution < 1.29 is 23.9 Å². The maximum Gasteiger partial charge on any atom is 0.409 e. The lowest BCUT2D eigenvalue weighted by Crippen LogP contribution is -2.18. The maximum absolute atomic E-state index is 13.2. The Hall–Kier alpha value is -4.38. The molecule has 2 heterocycles.